The maximum Gasteiger partial charge on any atom is 0.126 e. The number of rotatable bonds is 4. The summed E-state index contributed by atoms with van der Waals surface area (Å²) < 4.78 is 5.40. The molecule has 112 valence electrons. The van der Waals surface area contributed by atoms with Crippen molar-refractivity contribution in [1.82, 2.24) is 4.90 Å². The van der Waals surface area contributed by atoms with E-state index in [-0.39, 0.29) is 0 Å². The summed E-state index contributed by atoms with van der Waals surface area (Å²) in [5.41, 5.74) is 2.01. The molecule has 1 heterocycles. The SMILES string of the molecule is COc1cccc(N2CCC(N(C)C)CC2)c1[C@H](C)O. The molecule has 0 saturated carbocycles. The molecule has 0 aliphatic carbocycles. The van der Waals surface area contributed by atoms with E-state index in [0.717, 1.165) is 42.9 Å². The molecule has 1 aliphatic heterocycles. The van der Waals surface area contributed by atoms with Crippen LogP contribution in [0.15, 0.2) is 18.2 Å². The van der Waals surface area contributed by atoms with Gasteiger partial charge >= 0.3 is 0 Å². The molecule has 1 N–H and O–H groups in total. The molecule has 1 aromatic rings. The van der Waals surface area contributed by atoms with Gasteiger partial charge in [0.05, 0.1) is 13.2 Å². The van der Waals surface area contributed by atoms with Crippen molar-refractivity contribution in [2.75, 3.05) is 39.2 Å². The maximum absolute atomic E-state index is 10.1. The lowest BCUT2D eigenvalue weighted by molar-refractivity contribution is 0.194. The first-order valence-corrected chi connectivity index (χ1v) is 7.31. The molecule has 0 spiro atoms. The Morgan fingerprint density at radius 3 is 2.45 bits per heavy atom. The predicted octanol–water partition coefficient (Wildman–Crippen LogP) is 2.28. The summed E-state index contributed by atoms with van der Waals surface area (Å²) in [7, 11) is 5.95. The Hall–Kier alpha value is -1.26. The number of aliphatic hydroxyl groups excluding tert-OH is 1. The number of aliphatic hydroxyl groups is 1. The van der Waals surface area contributed by atoms with E-state index >= 15 is 0 Å². The average molecular weight is 278 g/mol. The first-order valence-electron chi connectivity index (χ1n) is 7.31. The third-order valence-corrected chi connectivity index (χ3v) is 4.22. The molecule has 0 bridgehead atoms. The Balaban J connectivity index is 2.21. The summed E-state index contributed by atoms with van der Waals surface area (Å²) in [6.45, 7) is 3.85. The highest BCUT2D eigenvalue weighted by Gasteiger charge is 2.24. The molecule has 0 radical (unpaired) electrons. The number of anilines is 1. The molecule has 0 amide bonds. The third-order valence-electron chi connectivity index (χ3n) is 4.22. The first kappa shape index (κ1) is 15.1. The number of benzene rings is 1. The Morgan fingerprint density at radius 2 is 1.95 bits per heavy atom. The maximum atomic E-state index is 10.1. The van der Waals surface area contributed by atoms with E-state index in [0.29, 0.717) is 6.04 Å². The van der Waals surface area contributed by atoms with Crippen LogP contribution >= 0.6 is 0 Å². The van der Waals surface area contributed by atoms with Crippen LogP contribution in [-0.4, -0.2) is 50.3 Å². The molecule has 1 fully saturated rings. The van der Waals surface area contributed by atoms with Crippen molar-refractivity contribution in [2.45, 2.75) is 31.9 Å². The highest BCUT2D eigenvalue weighted by molar-refractivity contribution is 5.60. The van der Waals surface area contributed by atoms with Gasteiger partial charge in [-0.1, -0.05) is 6.07 Å². The average Bonchev–Trinajstić information content (AvgIpc) is 2.46. The number of ether oxygens (including phenoxy) is 1. The third kappa shape index (κ3) is 3.07. The highest BCUT2D eigenvalue weighted by atomic mass is 16.5. The van der Waals surface area contributed by atoms with Crippen LogP contribution in [0, 0.1) is 0 Å². The van der Waals surface area contributed by atoms with Crippen molar-refractivity contribution in [3.63, 3.8) is 0 Å². The number of hydrogen-bond acceptors (Lipinski definition) is 4. The fourth-order valence-electron chi connectivity index (χ4n) is 3.03. The molecule has 1 saturated heterocycles. The van der Waals surface area contributed by atoms with Gasteiger partial charge in [0.2, 0.25) is 0 Å². The minimum absolute atomic E-state index is 0.521. The van der Waals surface area contributed by atoms with E-state index in [4.69, 9.17) is 4.74 Å². The van der Waals surface area contributed by atoms with Gasteiger partial charge in [0.25, 0.3) is 0 Å². The zero-order chi connectivity index (χ0) is 14.7. The molecule has 1 aromatic carbocycles. The Bertz CT molecular complexity index is 438. The zero-order valence-corrected chi connectivity index (χ0v) is 13.0. The molecule has 0 unspecified atom stereocenters. The van der Waals surface area contributed by atoms with Crippen LogP contribution in [0.5, 0.6) is 5.75 Å². The number of piperidine rings is 1. The smallest absolute Gasteiger partial charge is 0.126 e. The lowest BCUT2D eigenvalue weighted by Crippen LogP contribution is -2.42. The number of methoxy groups -OCH3 is 1. The van der Waals surface area contributed by atoms with E-state index in [2.05, 4.69) is 30.0 Å². The zero-order valence-electron chi connectivity index (χ0n) is 13.0. The minimum atomic E-state index is -0.521. The summed E-state index contributed by atoms with van der Waals surface area (Å²) in [5.74, 6) is 0.771. The van der Waals surface area contributed by atoms with E-state index in [1.165, 1.54) is 0 Å². The van der Waals surface area contributed by atoms with Gasteiger partial charge in [-0.3, -0.25) is 0 Å². The minimum Gasteiger partial charge on any atom is -0.496 e. The monoisotopic (exact) mass is 278 g/mol. The number of hydrogen-bond donors (Lipinski definition) is 1. The molecule has 1 aliphatic rings. The quantitative estimate of drug-likeness (QED) is 0.916. The van der Waals surface area contributed by atoms with E-state index in [9.17, 15) is 5.11 Å². The molecule has 4 heteroatoms. The second-order valence-electron chi connectivity index (χ2n) is 5.75. The summed E-state index contributed by atoms with van der Waals surface area (Å²) in [6.07, 6.45) is 1.79. The normalized spacial score (nSPS) is 18.4. The largest absolute Gasteiger partial charge is 0.496 e. The first-order chi connectivity index (χ1) is 9.54. The highest BCUT2D eigenvalue weighted by Crippen LogP contribution is 2.35. The van der Waals surface area contributed by atoms with Gasteiger partial charge in [0.15, 0.2) is 0 Å². The summed E-state index contributed by atoms with van der Waals surface area (Å²) >= 11 is 0. The lowest BCUT2D eigenvalue weighted by atomic mass is 10.00. The van der Waals surface area contributed by atoms with E-state index in [1.54, 1.807) is 14.0 Å². The standard InChI is InChI=1S/C16H26N2O2/c1-12(19)16-14(6-5-7-15(16)20-4)18-10-8-13(9-11-18)17(2)3/h5-7,12-13,19H,8-11H2,1-4H3/t12-/m0/s1. The van der Waals surface area contributed by atoms with Crippen molar-refractivity contribution in [3.05, 3.63) is 23.8 Å². The Morgan fingerprint density at radius 1 is 1.30 bits per heavy atom. The lowest BCUT2D eigenvalue weighted by Gasteiger charge is -2.37. The Labute approximate surface area is 122 Å². The van der Waals surface area contributed by atoms with Crippen molar-refractivity contribution >= 4 is 5.69 Å². The molecule has 1 atom stereocenters. The van der Waals surface area contributed by atoms with Crippen LogP contribution in [-0.2, 0) is 0 Å². The summed E-state index contributed by atoms with van der Waals surface area (Å²) in [4.78, 5) is 4.67. The van der Waals surface area contributed by atoms with Gasteiger partial charge < -0.3 is 19.6 Å². The van der Waals surface area contributed by atoms with Crippen LogP contribution in [0.4, 0.5) is 5.69 Å². The van der Waals surface area contributed by atoms with Crippen molar-refractivity contribution in [3.8, 4) is 5.75 Å². The molecule has 20 heavy (non-hydrogen) atoms. The van der Waals surface area contributed by atoms with Crippen molar-refractivity contribution in [1.29, 1.82) is 0 Å². The summed E-state index contributed by atoms with van der Waals surface area (Å²) in [5, 5.41) is 10.1. The molecule has 4 nitrogen and oxygen atoms in total. The van der Waals surface area contributed by atoms with Gasteiger partial charge in [-0.25, -0.2) is 0 Å². The Kier molecular flexibility index (Phi) is 4.89. The van der Waals surface area contributed by atoms with E-state index < -0.39 is 6.10 Å². The van der Waals surface area contributed by atoms with Gasteiger partial charge in [0.1, 0.15) is 5.75 Å². The van der Waals surface area contributed by atoms with E-state index in [1.807, 2.05) is 12.1 Å². The molecule has 0 aromatic heterocycles. The van der Waals surface area contributed by atoms with Gasteiger partial charge in [0, 0.05) is 30.4 Å². The van der Waals surface area contributed by atoms with Crippen LogP contribution in [0.1, 0.15) is 31.4 Å². The second-order valence-corrected chi connectivity index (χ2v) is 5.75. The fourth-order valence-corrected chi connectivity index (χ4v) is 3.03. The molecular weight excluding hydrogens is 252 g/mol. The fraction of sp³-hybridized carbons (Fsp3) is 0.625. The van der Waals surface area contributed by atoms with Crippen LogP contribution in [0.3, 0.4) is 0 Å². The van der Waals surface area contributed by atoms with Gasteiger partial charge in [-0.15, -0.1) is 0 Å². The second kappa shape index (κ2) is 6.46. The van der Waals surface area contributed by atoms with Crippen molar-refractivity contribution in [2.24, 2.45) is 0 Å². The molecular formula is C16H26N2O2. The van der Waals surface area contributed by atoms with Crippen LogP contribution < -0.4 is 9.64 Å². The van der Waals surface area contributed by atoms with Crippen LogP contribution in [0.2, 0.25) is 0 Å². The molecule has 2 rings (SSSR count). The topological polar surface area (TPSA) is 35.9 Å². The summed E-state index contributed by atoms with van der Waals surface area (Å²) in [6, 6.07) is 6.66. The van der Waals surface area contributed by atoms with Crippen LogP contribution in [0.25, 0.3) is 0 Å². The predicted molar refractivity (Wildman–Crippen MR) is 82.5 cm³/mol. The van der Waals surface area contributed by atoms with Gasteiger partial charge in [-0.05, 0) is 46.0 Å². The van der Waals surface area contributed by atoms with Crippen molar-refractivity contribution < 1.29 is 9.84 Å². The van der Waals surface area contributed by atoms with Gasteiger partial charge in [-0.2, -0.15) is 0 Å². The number of nitrogens with zero attached hydrogens (tertiary/aromatic N) is 2.